The molecule has 1 aliphatic heterocycles. The van der Waals surface area contributed by atoms with Crippen LogP contribution in [0.2, 0.25) is 0 Å². The third kappa shape index (κ3) is 2.58. The van der Waals surface area contributed by atoms with Crippen molar-refractivity contribution in [1.82, 2.24) is 10.3 Å². The third-order valence-electron chi connectivity index (χ3n) is 3.05. The topological polar surface area (TPSA) is 37.4 Å². The molecule has 2 heterocycles. The molecule has 1 aromatic heterocycles. The van der Waals surface area contributed by atoms with Gasteiger partial charge >= 0.3 is 0 Å². The van der Waals surface area contributed by atoms with Crippen molar-refractivity contribution < 1.29 is 4.74 Å². The first kappa shape index (κ1) is 11.9. The van der Waals surface area contributed by atoms with Gasteiger partial charge in [-0.15, -0.1) is 0 Å². The molecule has 1 N–H and O–H groups in total. The highest BCUT2D eigenvalue weighted by Crippen LogP contribution is 2.21. The molecule has 0 amide bonds. The van der Waals surface area contributed by atoms with Crippen molar-refractivity contribution >= 4 is 11.4 Å². The molecule has 2 rings (SSSR count). The zero-order chi connectivity index (χ0) is 12.3. The summed E-state index contributed by atoms with van der Waals surface area (Å²) in [6, 6.07) is 4.07. The minimum atomic E-state index is 0.611. The van der Waals surface area contributed by atoms with Gasteiger partial charge in [-0.3, -0.25) is 0 Å². The first-order chi connectivity index (χ1) is 8.22. The Labute approximate surface area is 102 Å². The molecule has 0 atom stereocenters. The number of nitrogens with one attached hydrogen (secondary N) is 1. The quantitative estimate of drug-likeness (QED) is 0.801. The van der Waals surface area contributed by atoms with Gasteiger partial charge in [0, 0.05) is 26.2 Å². The number of aryl methyl sites for hydroxylation is 1. The maximum Gasteiger partial charge on any atom is 0.137 e. The van der Waals surface area contributed by atoms with Crippen molar-refractivity contribution in [2.45, 2.75) is 6.92 Å². The summed E-state index contributed by atoms with van der Waals surface area (Å²) in [4.78, 5) is 6.89. The Balaban J connectivity index is 2.21. The Kier molecular flexibility index (Phi) is 3.64. The lowest BCUT2D eigenvalue weighted by atomic mass is 10.2. The van der Waals surface area contributed by atoms with E-state index < -0.39 is 0 Å². The average Bonchev–Trinajstić information content (AvgIpc) is 2.38. The van der Waals surface area contributed by atoms with Gasteiger partial charge in [-0.25, -0.2) is 4.98 Å². The molecule has 0 aromatic carbocycles. The van der Waals surface area contributed by atoms with E-state index >= 15 is 0 Å². The number of methoxy groups -OCH3 is 1. The second-order valence-corrected chi connectivity index (χ2v) is 4.17. The number of aromatic nitrogens is 1. The smallest absolute Gasteiger partial charge is 0.137 e. The zero-order valence-electron chi connectivity index (χ0n) is 10.5. The number of pyridine rings is 1. The van der Waals surface area contributed by atoms with E-state index in [1.54, 1.807) is 7.11 Å². The second kappa shape index (κ2) is 5.19. The minimum Gasteiger partial charge on any atom is -0.495 e. The van der Waals surface area contributed by atoms with Gasteiger partial charge in [-0.1, -0.05) is 6.58 Å². The molecule has 92 valence electrons. The third-order valence-corrected chi connectivity index (χ3v) is 3.05. The van der Waals surface area contributed by atoms with Crippen molar-refractivity contribution in [3.05, 3.63) is 30.1 Å². The summed E-state index contributed by atoms with van der Waals surface area (Å²) < 4.78 is 5.10. The Morgan fingerprint density at radius 2 is 2.12 bits per heavy atom. The van der Waals surface area contributed by atoms with Crippen LogP contribution < -0.4 is 10.2 Å². The van der Waals surface area contributed by atoms with Crippen LogP contribution in [0.5, 0.6) is 0 Å². The van der Waals surface area contributed by atoms with Crippen molar-refractivity contribution in [3.63, 3.8) is 0 Å². The highest BCUT2D eigenvalue weighted by Gasteiger charge is 2.14. The van der Waals surface area contributed by atoms with Gasteiger partial charge in [0.05, 0.1) is 18.5 Å². The number of rotatable bonds is 3. The molecule has 1 aliphatic rings. The van der Waals surface area contributed by atoms with Crippen LogP contribution in [0, 0.1) is 6.92 Å². The maximum atomic E-state index is 5.10. The second-order valence-electron chi connectivity index (χ2n) is 4.17. The number of anilines is 1. The standard InChI is InChI=1S/C13H19N3O/c1-10-13(16-8-6-14-7-9-16)5-4-12(15-10)11(2)17-3/h4-5,14H,2,6-9H2,1,3H3. The lowest BCUT2D eigenvalue weighted by molar-refractivity contribution is 0.369. The van der Waals surface area contributed by atoms with Crippen LogP contribution in [0.1, 0.15) is 11.4 Å². The van der Waals surface area contributed by atoms with E-state index in [0.717, 1.165) is 37.6 Å². The SMILES string of the molecule is C=C(OC)c1ccc(N2CCNCC2)c(C)n1. The average molecular weight is 233 g/mol. The Morgan fingerprint density at radius 1 is 1.41 bits per heavy atom. The van der Waals surface area contributed by atoms with Crippen LogP contribution in [-0.2, 0) is 4.74 Å². The molecular weight excluding hydrogens is 214 g/mol. The van der Waals surface area contributed by atoms with Crippen LogP contribution in [0.4, 0.5) is 5.69 Å². The maximum absolute atomic E-state index is 5.10. The van der Waals surface area contributed by atoms with Crippen molar-refractivity contribution in [2.24, 2.45) is 0 Å². The van der Waals surface area contributed by atoms with Gasteiger partial charge in [0.25, 0.3) is 0 Å². The number of ether oxygens (including phenoxy) is 1. The molecule has 17 heavy (non-hydrogen) atoms. The number of hydrogen-bond acceptors (Lipinski definition) is 4. The summed E-state index contributed by atoms with van der Waals surface area (Å²) >= 11 is 0. The van der Waals surface area contributed by atoms with E-state index in [0.29, 0.717) is 5.76 Å². The first-order valence-corrected chi connectivity index (χ1v) is 5.89. The highest BCUT2D eigenvalue weighted by atomic mass is 16.5. The van der Waals surface area contributed by atoms with Gasteiger partial charge in [-0.05, 0) is 19.1 Å². The molecule has 0 radical (unpaired) electrons. The molecule has 1 aromatic rings. The van der Waals surface area contributed by atoms with E-state index in [-0.39, 0.29) is 0 Å². The molecule has 4 nitrogen and oxygen atoms in total. The summed E-state index contributed by atoms with van der Waals surface area (Å²) in [5, 5.41) is 3.35. The molecule has 1 fully saturated rings. The predicted molar refractivity (Wildman–Crippen MR) is 70.1 cm³/mol. The Bertz CT molecular complexity index is 411. The van der Waals surface area contributed by atoms with Gasteiger partial charge in [-0.2, -0.15) is 0 Å². The fourth-order valence-corrected chi connectivity index (χ4v) is 2.05. The van der Waals surface area contributed by atoms with E-state index in [9.17, 15) is 0 Å². The van der Waals surface area contributed by atoms with Crippen LogP contribution in [-0.4, -0.2) is 38.3 Å². The predicted octanol–water partition coefficient (Wildman–Crippen LogP) is 1.42. The number of piperazine rings is 1. The first-order valence-electron chi connectivity index (χ1n) is 5.89. The minimum absolute atomic E-state index is 0.611. The summed E-state index contributed by atoms with van der Waals surface area (Å²) in [6.45, 7) is 9.99. The van der Waals surface area contributed by atoms with Gasteiger partial charge < -0.3 is 15.0 Å². The van der Waals surface area contributed by atoms with Crippen LogP contribution in [0.15, 0.2) is 18.7 Å². The van der Waals surface area contributed by atoms with Crippen LogP contribution >= 0.6 is 0 Å². The molecule has 0 bridgehead atoms. The number of nitrogens with zero attached hydrogens (tertiary/aromatic N) is 2. The van der Waals surface area contributed by atoms with Crippen molar-refractivity contribution in [2.75, 3.05) is 38.2 Å². The zero-order valence-corrected chi connectivity index (χ0v) is 10.5. The Morgan fingerprint density at radius 3 is 2.71 bits per heavy atom. The molecular formula is C13H19N3O. The van der Waals surface area contributed by atoms with Gasteiger partial charge in [0.15, 0.2) is 0 Å². The summed E-state index contributed by atoms with van der Waals surface area (Å²) in [6.07, 6.45) is 0. The fourth-order valence-electron chi connectivity index (χ4n) is 2.05. The highest BCUT2D eigenvalue weighted by molar-refractivity contribution is 5.59. The van der Waals surface area contributed by atoms with Gasteiger partial charge in [0.1, 0.15) is 11.5 Å². The van der Waals surface area contributed by atoms with Crippen molar-refractivity contribution in [1.29, 1.82) is 0 Å². The van der Waals surface area contributed by atoms with E-state index in [4.69, 9.17) is 4.74 Å². The van der Waals surface area contributed by atoms with E-state index in [1.807, 2.05) is 13.0 Å². The summed E-state index contributed by atoms with van der Waals surface area (Å²) in [5.41, 5.74) is 3.05. The molecule has 0 unspecified atom stereocenters. The lowest BCUT2D eigenvalue weighted by Gasteiger charge is -2.30. The fraction of sp³-hybridized carbons (Fsp3) is 0.462. The molecule has 0 spiro atoms. The monoisotopic (exact) mass is 233 g/mol. The largest absolute Gasteiger partial charge is 0.495 e. The van der Waals surface area contributed by atoms with Gasteiger partial charge in [0.2, 0.25) is 0 Å². The molecule has 1 saturated heterocycles. The summed E-state index contributed by atoms with van der Waals surface area (Å²) in [5.74, 6) is 0.611. The van der Waals surface area contributed by atoms with Crippen LogP contribution in [0.3, 0.4) is 0 Å². The summed E-state index contributed by atoms with van der Waals surface area (Å²) in [7, 11) is 1.61. The van der Waals surface area contributed by atoms with E-state index in [2.05, 4.69) is 27.8 Å². The number of hydrogen-bond donors (Lipinski definition) is 1. The van der Waals surface area contributed by atoms with E-state index in [1.165, 1.54) is 5.69 Å². The normalized spacial score (nSPS) is 15.8. The molecule has 4 heteroatoms. The van der Waals surface area contributed by atoms with Crippen LogP contribution in [0.25, 0.3) is 5.76 Å². The molecule has 0 saturated carbocycles. The van der Waals surface area contributed by atoms with Crippen molar-refractivity contribution in [3.8, 4) is 0 Å². The molecule has 0 aliphatic carbocycles. The lowest BCUT2D eigenvalue weighted by Crippen LogP contribution is -2.43. The Hall–Kier alpha value is -1.55.